The van der Waals surface area contributed by atoms with Crippen molar-refractivity contribution in [2.45, 2.75) is 38.5 Å². The van der Waals surface area contributed by atoms with Crippen molar-refractivity contribution < 1.29 is 9.59 Å². The van der Waals surface area contributed by atoms with E-state index in [-0.39, 0.29) is 24.3 Å². The molecule has 1 aliphatic heterocycles. The summed E-state index contributed by atoms with van der Waals surface area (Å²) in [7, 11) is 0. The van der Waals surface area contributed by atoms with Crippen LogP contribution in [0.3, 0.4) is 0 Å². The zero-order valence-electron chi connectivity index (χ0n) is 16.5. The van der Waals surface area contributed by atoms with Gasteiger partial charge in [-0.15, -0.1) is 12.4 Å². The van der Waals surface area contributed by atoms with Crippen LogP contribution in [0.5, 0.6) is 0 Å². The van der Waals surface area contributed by atoms with Crippen LogP contribution in [0.2, 0.25) is 0 Å². The molecule has 0 bridgehead atoms. The van der Waals surface area contributed by atoms with Crippen LogP contribution in [0.1, 0.15) is 37.7 Å². The van der Waals surface area contributed by atoms with Crippen molar-refractivity contribution in [3.05, 3.63) is 54.1 Å². The Bertz CT molecular complexity index is 803. The largest absolute Gasteiger partial charge is 0.399 e. The second-order valence-corrected chi connectivity index (χ2v) is 7.16. The van der Waals surface area contributed by atoms with Crippen LogP contribution in [-0.2, 0) is 11.2 Å². The van der Waals surface area contributed by atoms with E-state index >= 15 is 0 Å². The minimum Gasteiger partial charge on any atom is -0.399 e. The molecule has 7 heteroatoms. The standard InChI is InChI=1S/C22H28N4O2.ClH/c23-20-8-4-3-7-17(20)9-14-21(27)24-18-10-12-19(13-11-18)25-22(28)26-15-5-1-2-6-16-26;/h3-4,7-8,10-13H,1-2,5-6,9,14-16,23H2,(H,24,27)(H,25,28);1H. The van der Waals surface area contributed by atoms with Crippen LogP contribution in [0.4, 0.5) is 21.9 Å². The third kappa shape index (κ3) is 6.98. The number of hydrogen-bond donors (Lipinski definition) is 3. The number of hydrogen-bond acceptors (Lipinski definition) is 3. The first-order chi connectivity index (χ1) is 13.6. The fraction of sp³-hybridized carbons (Fsp3) is 0.364. The topological polar surface area (TPSA) is 87.5 Å². The average Bonchev–Trinajstić information content (AvgIpc) is 2.98. The molecule has 0 spiro atoms. The van der Waals surface area contributed by atoms with Crippen molar-refractivity contribution in [1.82, 2.24) is 4.90 Å². The van der Waals surface area contributed by atoms with E-state index in [2.05, 4.69) is 10.6 Å². The Labute approximate surface area is 178 Å². The van der Waals surface area contributed by atoms with Gasteiger partial charge in [-0.1, -0.05) is 31.0 Å². The lowest BCUT2D eigenvalue weighted by molar-refractivity contribution is -0.116. The number of halogens is 1. The van der Waals surface area contributed by atoms with Crippen molar-refractivity contribution >= 4 is 41.4 Å². The van der Waals surface area contributed by atoms with Crippen molar-refractivity contribution in [1.29, 1.82) is 0 Å². The molecule has 1 fully saturated rings. The molecular weight excluding hydrogens is 388 g/mol. The van der Waals surface area contributed by atoms with Crippen LogP contribution in [0, 0.1) is 0 Å². The second kappa shape index (κ2) is 11.3. The van der Waals surface area contributed by atoms with Gasteiger partial charge in [0.15, 0.2) is 0 Å². The highest BCUT2D eigenvalue weighted by atomic mass is 35.5. The highest BCUT2D eigenvalue weighted by Crippen LogP contribution is 2.17. The van der Waals surface area contributed by atoms with E-state index in [4.69, 9.17) is 5.73 Å². The van der Waals surface area contributed by atoms with Crippen molar-refractivity contribution in [2.24, 2.45) is 0 Å². The van der Waals surface area contributed by atoms with Crippen LogP contribution < -0.4 is 16.4 Å². The van der Waals surface area contributed by atoms with Crippen molar-refractivity contribution in [3.8, 4) is 0 Å². The molecule has 0 unspecified atom stereocenters. The number of amides is 3. The Balaban J connectivity index is 0.00000300. The SMILES string of the molecule is Cl.Nc1ccccc1CCC(=O)Nc1ccc(NC(=O)N2CCCCCC2)cc1. The summed E-state index contributed by atoms with van der Waals surface area (Å²) in [5, 5.41) is 5.81. The molecule has 1 saturated heterocycles. The summed E-state index contributed by atoms with van der Waals surface area (Å²) < 4.78 is 0. The molecule has 6 nitrogen and oxygen atoms in total. The van der Waals surface area contributed by atoms with Gasteiger partial charge in [-0.05, 0) is 55.2 Å². The van der Waals surface area contributed by atoms with Gasteiger partial charge in [0.25, 0.3) is 0 Å². The number of para-hydroxylation sites is 1. The highest BCUT2D eigenvalue weighted by molar-refractivity contribution is 5.92. The van der Waals surface area contributed by atoms with E-state index in [1.54, 1.807) is 24.3 Å². The van der Waals surface area contributed by atoms with Gasteiger partial charge >= 0.3 is 6.03 Å². The lowest BCUT2D eigenvalue weighted by Crippen LogP contribution is -2.35. The smallest absolute Gasteiger partial charge is 0.321 e. The molecule has 0 saturated carbocycles. The van der Waals surface area contributed by atoms with E-state index in [0.717, 1.165) is 37.2 Å². The van der Waals surface area contributed by atoms with Gasteiger partial charge < -0.3 is 21.3 Å². The van der Waals surface area contributed by atoms with Gasteiger partial charge in [0.2, 0.25) is 5.91 Å². The number of nitrogen functional groups attached to an aromatic ring is 1. The van der Waals surface area contributed by atoms with Gasteiger partial charge in [0.1, 0.15) is 0 Å². The Hall–Kier alpha value is -2.73. The molecule has 4 N–H and O–H groups in total. The number of likely N-dealkylation sites (tertiary alicyclic amines) is 1. The molecule has 0 aliphatic carbocycles. The van der Waals surface area contributed by atoms with E-state index in [1.807, 2.05) is 29.2 Å². The number of nitrogens with zero attached hydrogens (tertiary/aromatic N) is 1. The number of benzene rings is 2. The Morgan fingerprint density at radius 2 is 1.45 bits per heavy atom. The summed E-state index contributed by atoms with van der Waals surface area (Å²) in [4.78, 5) is 26.4. The molecule has 3 rings (SSSR count). The maximum atomic E-state index is 12.4. The number of nitrogens with one attached hydrogen (secondary N) is 2. The molecule has 1 heterocycles. The van der Waals surface area contributed by atoms with Gasteiger partial charge in [0, 0.05) is 36.6 Å². The summed E-state index contributed by atoms with van der Waals surface area (Å²) >= 11 is 0. The van der Waals surface area contributed by atoms with Crippen LogP contribution in [0.15, 0.2) is 48.5 Å². The maximum Gasteiger partial charge on any atom is 0.321 e. The third-order valence-electron chi connectivity index (χ3n) is 4.99. The summed E-state index contributed by atoms with van der Waals surface area (Å²) in [5.41, 5.74) is 9.03. The molecule has 0 radical (unpaired) electrons. The van der Waals surface area contributed by atoms with Crippen molar-refractivity contribution in [3.63, 3.8) is 0 Å². The Kier molecular flexibility index (Phi) is 8.80. The summed E-state index contributed by atoms with van der Waals surface area (Å²) in [6.45, 7) is 1.62. The molecule has 3 amide bonds. The van der Waals surface area contributed by atoms with Crippen LogP contribution in [0.25, 0.3) is 0 Å². The predicted molar refractivity (Wildman–Crippen MR) is 121 cm³/mol. The van der Waals surface area contributed by atoms with Crippen molar-refractivity contribution in [2.75, 3.05) is 29.5 Å². The summed E-state index contributed by atoms with van der Waals surface area (Å²) in [6.07, 6.45) is 5.47. The molecule has 1 aliphatic rings. The molecule has 0 atom stereocenters. The Morgan fingerprint density at radius 1 is 0.862 bits per heavy atom. The molecule has 0 aromatic heterocycles. The number of carbonyl (C=O) groups excluding carboxylic acids is 2. The average molecular weight is 417 g/mol. The molecule has 2 aromatic carbocycles. The summed E-state index contributed by atoms with van der Waals surface area (Å²) in [6, 6.07) is 14.7. The number of carbonyl (C=O) groups is 2. The van der Waals surface area contributed by atoms with Crippen LogP contribution in [-0.4, -0.2) is 29.9 Å². The summed E-state index contributed by atoms with van der Waals surface area (Å²) in [5.74, 6) is -0.0652. The second-order valence-electron chi connectivity index (χ2n) is 7.16. The fourth-order valence-electron chi connectivity index (χ4n) is 3.35. The van der Waals surface area contributed by atoms with E-state index in [0.29, 0.717) is 24.2 Å². The minimum atomic E-state index is -0.0652. The normalized spacial score (nSPS) is 13.7. The monoisotopic (exact) mass is 416 g/mol. The number of urea groups is 1. The van der Waals surface area contributed by atoms with Gasteiger partial charge in [-0.2, -0.15) is 0 Å². The first kappa shape index (κ1) is 22.6. The quantitative estimate of drug-likeness (QED) is 0.619. The van der Waals surface area contributed by atoms with E-state index in [1.165, 1.54) is 12.8 Å². The van der Waals surface area contributed by atoms with Crippen LogP contribution >= 0.6 is 12.4 Å². The van der Waals surface area contributed by atoms with E-state index < -0.39 is 0 Å². The Morgan fingerprint density at radius 3 is 2.07 bits per heavy atom. The first-order valence-corrected chi connectivity index (χ1v) is 9.91. The predicted octanol–water partition coefficient (Wildman–Crippen LogP) is 4.67. The fourth-order valence-corrected chi connectivity index (χ4v) is 3.35. The number of rotatable bonds is 5. The zero-order valence-corrected chi connectivity index (χ0v) is 17.3. The lowest BCUT2D eigenvalue weighted by Gasteiger charge is -2.20. The number of nitrogens with two attached hydrogens (primary N) is 1. The van der Waals surface area contributed by atoms with E-state index in [9.17, 15) is 9.59 Å². The third-order valence-corrected chi connectivity index (χ3v) is 4.99. The van der Waals surface area contributed by atoms with Gasteiger partial charge in [-0.25, -0.2) is 4.79 Å². The molecular formula is C22H29ClN4O2. The first-order valence-electron chi connectivity index (χ1n) is 9.91. The highest BCUT2D eigenvalue weighted by Gasteiger charge is 2.15. The van der Waals surface area contributed by atoms with Gasteiger partial charge in [0.05, 0.1) is 0 Å². The molecule has 2 aromatic rings. The maximum absolute atomic E-state index is 12.4. The molecule has 156 valence electrons. The number of anilines is 3. The lowest BCUT2D eigenvalue weighted by atomic mass is 10.1. The number of aryl methyl sites for hydroxylation is 1. The zero-order chi connectivity index (χ0) is 19.8. The minimum absolute atomic E-state index is 0. The van der Waals surface area contributed by atoms with Gasteiger partial charge in [-0.3, -0.25) is 4.79 Å². The molecule has 29 heavy (non-hydrogen) atoms.